The second kappa shape index (κ2) is 12.0. The monoisotopic (exact) mass is 593 g/mol. The molecule has 9 nitrogen and oxygen atoms in total. The van der Waals surface area contributed by atoms with Crippen LogP contribution in [0.1, 0.15) is 43.7 Å². The van der Waals surface area contributed by atoms with Crippen LogP contribution >= 0.6 is 0 Å². The van der Waals surface area contributed by atoms with Crippen LogP contribution in [0.15, 0.2) is 71.8 Å². The van der Waals surface area contributed by atoms with Crippen molar-refractivity contribution in [1.82, 2.24) is 24.7 Å². The molecular formula is C32H37F2N5O4. The molecule has 2 amide bonds. The van der Waals surface area contributed by atoms with Gasteiger partial charge in [-0.25, -0.2) is 9.78 Å². The van der Waals surface area contributed by atoms with E-state index in [1.165, 1.54) is 23.0 Å². The minimum absolute atomic E-state index is 0.0171. The topological polar surface area (TPSA) is 99.9 Å². The highest BCUT2D eigenvalue weighted by atomic mass is 19.3. The van der Waals surface area contributed by atoms with Crippen molar-refractivity contribution in [2.24, 2.45) is 5.41 Å². The molecule has 43 heavy (non-hydrogen) atoms. The minimum Gasteiger partial charge on any atom is -0.434 e. The number of amides is 2. The van der Waals surface area contributed by atoms with Crippen molar-refractivity contribution in [3.8, 4) is 17.0 Å². The smallest absolute Gasteiger partial charge is 0.387 e. The van der Waals surface area contributed by atoms with Crippen molar-refractivity contribution < 1.29 is 23.4 Å². The normalized spacial score (nSPS) is 23.6. The number of aliphatic hydroxyl groups is 1. The third kappa shape index (κ3) is 5.75. The van der Waals surface area contributed by atoms with Crippen molar-refractivity contribution in [1.29, 1.82) is 0 Å². The largest absolute Gasteiger partial charge is 0.434 e. The molecule has 6 rings (SSSR count). The van der Waals surface area contributed by atoms with Gasteiger partial charge in [0.2, 0.25) is 0 Å². The maximum Gasteiger partial charge on any atom is 0.387 e. The molecule has 2 N–H and O–H groups in total. The standard InChI is InChI=1S/C32H37F2N5O4/c33-29(34)43-27-11-5-4-10-24(27)25-18-28(40)38(22-36-25)21-32(42)14-16-37(20-31(32)12-6-7-13-31)30(41)39-17-15-35-19-26(39)23-8-2-1-3-9-23/h1-5,8-11,18,22,26,29,35,42H,6-7,12-17,19-21H2/t26-,32+/m0/s1. The number of para-hydroxylation sites is 1. The molecule has 3 fully saturated rings. The highest BCUT2D eigenvalue weighted by Gasteiger charge is 2.56. The molecule has 0 unspecified atom stereocenters. The summed E-state index contributed by atoms with van der Waals surface area (Å²) in [5, 5.41) is 15.6. The van der Waals surface area contributed by atoms with E-state index in [4.69, 9.17) is 0 Å². The summed E-state index contributed by atoms with van der Waals surface area (Å²) in [6.07, 6.45) is 5.10. The molecule has 3 aromatic rings. The third-order valence-electron chi connectivity index (χ3n) is 9.47. The number of rotatable bonds is 6. The number of piperidine rings is 1. The quantitative estimate of drug-likeness (QED) is 0.443. The van der Waals surface area contributed by atoms with E-state index < -0.39 is 23.2 Å². The average Bonchev–Trinajstić information content (AvgIpc) is 3.50. The van der Waals surface area contributed by atoms with E-state index in [-0.39, 0.29) is 35.6 Å². The number of carbonyl (C=O) groups is 1. The Morgan fingerprint density at radius 2 is 1.81 bits per heavy atom. The number of nitrogens with one attached hydrogen (secondary N) is 1. The lowest BCUT2D eigenvalue weighted by atomic mass is 9.66. The second-order valence-corrected chi connectivity index (χ2v) is 11.9. The van der Waals surface area contributed by atoms with Crippen LogP contribution < -0.4 is 15.6 Å². The SMILES string of the molecule is O=C(N1CC[C@@](O)(Cn2cnc(-c3ccccc3OC(F)F)cc2=O)C2(CCCC2)C1)N1CCNC[C@H]1c1ccccc1. The van der Waals surface area contributed by atoms with Crippen molar-refractivity contribution in [3.63, 3.8) is 0 Å². The number of hydrogen-bond acceptors (Lipinski definition) is 6. The Labute approximate surface area is 249 Å². The van der Waals surface area contributed by atoms with Gasteiger partial charge in [-0.3, -0.25) is 9.36 Å². The van der Waals surface area contributed by atoms with E-state index in [9.17, 15) is 23.5 Å². The Kier molecular flexibility index (Phi) is 8.19. The molecule has 3 aliphatic rings. The average molecular weight is 594 g/mol. The van der Waals surface area contributed by atoms with E-state index >= 15 is 0 Å². The summed E-state index contributed by atoms with van der Waals surface area (Å²) in [7, 11) is 0. The van der Waals surface area contributed by atoms with E-state index in [1.54, 1.807) is 18.2 Å². The summed E-state index contributed by atoms with van der Waals surface area (Å²) < 4.78 is 31.8. The van der Waals surface area contributed by atoms with Gasteiger partial charge < -0.3 is 25.0 Å². The second-order valence-electron chi connectivity index (χ2n) is 11.9. The zero-order valence-corrected chi connectivity index (χ0v) is 24.0. The highest BCUT2D eigenvalue weighted by molar-refractivity contribution is 5.75. The van der Waals surface area contributed by atoms with Crippen LogP contribution in [0, 0.1) is 5.41 Å². The fraction of sp³-hybridized carbons (Fsp3) is 0.469. The van der Waals surface area contributed by atoms with Gasteiger partial charge in [0, 0.05) is 49.8 Å². The van der Waals surface area contributed by atoms with Gasteiger partial charge in [-0.1, -0.05) is 55.3 Å². The predicted molar refractivity (Wildman–Crippen MR) is 157 cm³/mol. The van der Waals surface area contributed by atoms with E-state index in [0.717, 1.165) is 37.8 Å². The molecule has 2 saturated heterocycles. The predicted octanol–water partition coefficient (Wildman–Crippen LogP) is 4.28. The summed E-state index contributed by atoms with van der Waals surface area (Å²) in [5.74, 6) is -0.0679. The molecule has 1 aliphatic carbocycles. The number of urea groups is 1. The molecule has 228 valence electrons. The zero-order chi connectivity index (χ0) is 30.0. The molecule has 1 saturated carbocycles. The number of piperazine rings is 1. The van der Waals surface area contributed by atoms with Crippen LogP contribution in [0.3, 0.4) is 0 Å². The summed E-state index contributed by atoms with van der Waals surface area (Å²) in [6.45, 7) is -0.159. The molecular weight excluding hydrogens is 556 g/mol. The molecule has 1 aromatic heterocycles. The first-order valence-corrected chi connectivity index (χ1v) is 14.9. The fourth-order valence-corrected chi connectivity index (χ4v) is 7.20. The maximum atomic E-state index is 14.0. The van der Waals surface area contributed by atoms with Gasteiger partial charge in [0.1, 0.15) is 5.75 Å². The minimum atomic E-state index is -3.01. The highest BCUT2D eigenvalue weighted by Crippen LogP contribution is 2.52. The zero-order valence-electron chi connectivity index (χ0n) is 24.0. The van der Waals surface area contributed by atoms with Gasteiger partial charge in [-0.2, -0.15) is 8.78 Å². The van der Waals surface area contributed by atoms with Crippen molar-refractivity contribution in [2.75, 3.05) is 32.7 Å². The van der Waals surface area contributed by atoms with Gasteiger partial charge in [0.05, 0.1) is 30.2 Å². The van der Waals surface area contributed by atoms with E-state index in [0.29, 0.717) is 32.6 Å². The molecule has 1 spiro atoms. The molecule has 2 atom stereocenters. The number of benzene rings is 2. The van der Waals surface area contributed by atoms with Crippen LogP contribution in [0.4, 0.5) is 13.6 Å². The summed E-state index contributed by atoms with van der Waals surface area (Å²) in [4.78, 5) is 35.5. The van der Waals surface area contributed by atoms with Crippen molar-refractivity contribution in [2.45, 2.75) is 56.9 Å². The Morgan fingerprint density at radius 3 is 2.56 bits per heavy atom. The summed E-state index contributed by atoms with van der Waals surface area (Å²) in [6, 6.07) is 17.4. The van der Waals surface area contributed by atoms with Crippen LogP contribution in [0.5, 0.6) is 5.75 Å². The van der Waals surface area contributed by atoms with Gasteiger partial charge >= 0.3 is 12.6 Å². The number of hydrogen-bond donors (Lipinski definition) is 2. The van der Waals surface area contributed by atoms with E-state index in [2.05, 4.69) is 15.0 Å². The fourth-order valence-electron chi connectivity index (χ4n) is 7.20. The number of nitrogens with zero attached hydrogens (tertiary/aromatic N) is 4. The van der Waals surface area contributed by atoms with Gasteiger partial charge in [-0.05, 0) is 37.0 Å². The molecule has 3 heterocycles. The first-order chi connectivity index (χ1) is 20.8. The number of alkyl halides is 2. The molecule has 2 aliphatic heterocycles. The number of halogens is 2. The van der Waals surface area contributed by atoms with Crippen LogP contribution in [0.2, 0.25) is 0 Å². The third-order valence-corrected chi connectivity index (χ3v) is 9.47. The molecule has 0 bridgehead atoms. The molecule has 11 heteroatoms. The lowest BCUT2D eigenvalue weighted by molar-refractivity contribution is -0.137. The Morgan fingerprint density at radius 1 is 1.07 bits per heavy atom. The van der Waals surface area contributed by atoms with E-state index in [1.807, 2.05) is 40.1 Å². The Bertz CT molecular complexity index is 1500. The van der Waals surface area contributed by atoms with Crippen molar-refractivity contribution >= 4 is 6.03 Å². The lowest BCUT2D eigenvalue weighted by Gasteiger charge is -2.53. The summed E-state index contributed by atoms with van der Waals surface area (Å²) in [5.41, 5.74) is -0.579. The lowest BCUT2D eigenvalue weighted by Crippen LogP contribution is -2.64. The van der Waals surface area contributed by atoms with Gasteiger partial charge in [0.25, 0.3) is 5.56 Å². The van der Waals surface area contributed by atoms with Gasteiger partial charge in [0.15, 0.2) is 0 Å². The number of likely N-dealkylation sites (tertiary alicyclic amines) is 1. The summed E-state index contributed by atoms with van der Waals surface area (Å²) >= 11 is 0. The Balaban J connectivity index is 1.22. The maximum absolute atomic E-state index is 14.0. The van der Waals surface area contributed by atoms with Crippen LogP contribution in [-0.4, -0.2) is 75.4 Å². The first kappa shape index (κ1) is 29.3. The molecule has 2 aromatic carbocycles. The Hall–Kier alpha value is -3.83. The number of carbonyl (C=O) groups excluding carboxylic acids is 1. The van der Waals surface area contributed by atoms with Crippen molar-refractivity contribution in [3.05, 3.63) is 82.9 Å². The number of ether oxygens (including phenoxy) is 1. The number of aromatic nitrogens is 2. The van der Waals surface area contributed by atoms with Crippen LogP contribution in [0.25, 0.3) is 11.3 Å². The van der Waals surface area contributed by atoms with Gasteiger partial charge in [-0.15, -0.1) is 0 Å². The molecule has 0 radical (unpaired) electrons. The van der Waals surface area contributed by atoms with Crippen LogP contribution in [-0.2, 0) is 6.54 Å². The first-order valence-electron chi connectivity index (χ1n) is 14.9.